The zero-order valence-electron chi connectivity index (χ0n) is 11.2. The lowest BCUT2D eigenvalue weighted by Crippen LogP contribution is -2.72. The van der Waals surface area contributed by atoms with Crippen LogP contribution >= 0.6 is 11.3 Å². The first-order valence-electron chi connectivity index (χ1n) is 6.08. The normalized spacial score (nSPS) is 30.0. The maximum Gasteiger partial charge on any atom is 0.0798 e. The van der Waals surface area contributed by atoms with Crippen LogP contribution in [0, 0.1) is 17.8 Å². The number of hydrogen-bond acceptors (Lipinski definition) is 4. The third-order valence-corrected chi connectivity index (χ3v) is 5.14. The van der Waals surface area contributed by atoms with Crippen molar-refractivity contribution in [2.45, 2.75) is 53.3 Å². The molecule has 1 aliphatic rings. The predicted molar refractivity (Wildman–Crippen MR) is 71.0 cm³/mol. The third kappa shape index (κ3) is 1.92. The molecule has 3 nitrogen and oxygen atoms in total. The molecule has 2 rings (SSSR count). The summed E-state index contributed by atoms with van der Waals surface area (Å²) in [6, 6.07) is 0.339. The summed E-state index contributed by atoms with van der Waals surface area (Å²) in [6.07, 6.45) is -0.241. The summed E-state index contributed by atoms with van der Waals surface area (Å²) >= 11 is 1.69. The first kappa shape index (κ1) is 13.0. The first-order valence-corrected chi connectivity index (χ1v) is 6.96. The van der Waals surface area contributed by atoms with E-state index in [4.69, 9.17) is 0 Å². The fourth-order valence-electron chi connectivity index (χ4n) is 3.35. The van der Waals surface area contributed by atoms with Gasteiger partial charge < -0.3 is 10.4 Å². The molecule has 0 radical (unpaired) electrons. The van der Waals surface area contributed by atoms with E-state index in [9.17, 15) is 5.11 Å². The number of aryl methyl sites for hydroxylation is 1. The quantitative estimate of drug-likeness (QED) is 0.870. The topological polar surface area (TPSA) is 45.2 Å². The van der Waals surface area contributed by atoms with E-state index in [1.165, 1.54) is 4.88 Å². The van der Waals surface area contributed by atoms with E-state index in [1.54, 1.807) is 11.3 Å². The van der Waals surface area contributed by atoms with Gasteiger partial charge >= 0.3 is 0 Å². The Morgan fingerprint density at radius 3 is 2.41 bits per heavy atom. The van der Waals surface area contributed by atoms with Crippen molar-refractivity contribution in [2.75, 3.05) is 0 Å². The van der Waals surface area contributed by atoms with Crippen molar-refractivity contribution in [3.8, 4) is 0 Å². The van der Waals surface area contributed by atoms with Crippen molar-refractivity contribution in [3.63, 3.8) is 0 Å². The zero-order valence-corrected chi connectivity index (χ0v) is 12.1. The van der Waals surface area contributed by atoms with Crippen LogP contribution in [0.5, 0.6) is 0 Å². The minimum absolute atomic E-state index is 0.0535. The standard InChI is InChI=1S/C13H22N2OS/c1-8-9(17-7-15-8)6-14-10-12(2,3)11(16)13(10,4)5/h7,10-11,14,16H,6H2,1-5H3. The van der Waals surface area contributed by atoms with Gasteiger partial charge in [-0.25, -0.2) is 4.98 Å². The molecule has 0 aliphatic heterocycles. The Hall–Kier alpha value is -0.450. The molecule has 2 N–H and O–H groups in total. The van der Waals surface area contributed by atoms with Crippen LogP contribution in [0.25, 0.3) is 0 Å². The van der Waals surface area contributed by atoms with Crippen LogP contribution in [-0.2, 0) is 6.54 Å². The van der Waals surface area contributed by atoms with E-state index >= 15 is 0 Å². The largest absolute Gasteiger partial charge is 0.392 e. The second-order valence-electron chi connectivity index (χ2n) is 6.22. The highest BCUT2D eigenvalue weighted by molar-refractivity contribution is 7.09. The average Bonchev–Trinajstić information content (AvgIpc) is 2.63. The molecule has 0 atom stereocenters. The first-order chi connectivity index (χ1) is 7.78. The molecular weight excluding hydrogens is 232 g/mol. The van der Waals surface area contributed by atoms with Crippen LogP contribution in [0.1, 0.15) is 38.3 Å². The number of aliphatic hydroxyl groups is 1. The second-order valence-corrected chi connectivity index (χ2v) is 7.16. The van der Waals surface area contributed by atoms with E-state index in [2.05, 4.69) is 38.0 Å². The number of nitrogens with zero attached hydrogens (tertiary/aromatic N) is 1. The van der Waals surface area contributed by atoms with Gasteiger partial charge in [0, 0.05) is 28.3 Å². The van der Waals surface area contributed by atoms with Gasteiger partial charge in [-0.3, -0.25) is 0 Å². The van der Waals surface area contributed by atoms with Crippen LogP contribution in [0.2, 0.25) is 0 Å². The van der Waals surface area contributed by atoms with Gasteiger partial charge in [-0.15, -0.1) is 11.3 Å². The van der Waals surface area contributed by atoms with E-state index in [-0.39, 0.29) is 16.9 Å². The van der Waals surface area contributed by atoms with Gasteiger partial charge in [0.05, 0.1) is 17.3 Å². The summed E-state index contributed by atoms with van der Waals surface area (Å²) in [4.78, 5) is 5.55. The molecule has 1 saturated carbocycles. The number of thiazole rings is 1. The number of hydrogen-bond donors (Lipinski definition) is 2. The van der Waals surface area contributed by atoms with E-state index in [1.807, 2.05) is 12.4 Å². The molecule has 1 aliphatic carbocycles. The van der Waals surface area contributed by atoms with Gasteiger partial charge in [0.2, 0.25) is 0 Å². The lowest BCUT2D eigenvalue weighted by atomic mass is 9.49. The Morgan fingerprint density at radius 2 is 1.94 bits per heavy atom. The molecule has 1 aromatic rings. The van der Waals surface area contributed by atoms with Gasteiger partial charge in [-0.2, -0.15) is 0 Å². The maximum absolute atomic E-state index is 10.1. The Balaban J connectivity index is 2.03. The highest BCUT2D eigenvalue weighted by atomic mass is 32.1. The zero-order chi connectivity index (χ0) is 12.8. The molecule has 0 saturated heterocycles. The summed E-state index contributed by atoms with van der Waals surface area (Å²) in [5.74, 6) is 0. The van der Waals surface area contributed by atoms with Gasteiger partial charge in [0.15, 0.2) is 0 Å². The second kappa shape index (κ2) is 4.04. The lowest BCUT2D eigenvalue weighted by Gasteiger charge is -2.62. The third-order valence-electron chi connectivity index (χ3n) is 4.21. The molecule has 1 fully saturated rings. The van der Waals surface area contributed by atoms with Crippen molar-refractivity contribution in [3.05, 3.63) is 16.1 Å². The smallest absolute Gasteiger partial charge is 0.0798 e. The van der Waals surface area contributed by atoms with E-state index in [0.717, 1.165) is 12.2 Å². The van der Waals surface area contributed by atoms with Crippen molar-refractivity contribution in [1.29, 1.82) is 0 Å². The molecule has 0 bridgehead atoms. The number of nitrogens with one attached hydrogen (secondary N) is 1. The van der Waals surface area contributed by atoms with Crippen LogP contribution in [-0.4, -0.2) is 22.2 Å². The molecule has 17 heavy (non-hydrogen) atoms. The number of rotatable bonds is 3. The molecule has 0 spiro atoms. The SMILES string of the molecule is Cc1ncsc1CNC1C(C)(C)C(O)C1(C)C. The Labute approximate surface area is 107 Å². The Morgan fingerprint density at radius 1 is 1.35 bits per heavy atom. The Kier molecular flexibility index (Phi) is 3.09. The van der Waals surface area contributed by atoms with Gasteiger partial charge in [-0.05, 0) is 6.92 Å². The molecule has 4 heteroatoms. The van der Waals surface area contributed by atoms with Crippen LogP contribution < -0.4 is 5.32 Å². The van der Waals surface area contributed by atoms with Crippen molar-refractivity contribution in [1.82, 2.24) is 10.3 Å². The Bertz CT molecular complexity index is 395. The van der Waals surface area contributed by atoms with Gasteiger partial charge in [-0.1, -0.05) is 27.7 Å². The molecule has 0 unspecified atom stereocenters. The van der Waals surface area contributed by atoms with Crippen molar-refractivity contribution < 1.29 is 5.11 Å². The van der Waals surface area contributed by atoms with Gasteiger partial charge in [0.1, 0.15) is 0 Å². The summed E-state index contributed by atoms with van der Waals surface area (Å²) in [5.41, 5.74) is 2.89. The lowest BCUT2D eigenvalue weighted by molar-refractivity contribution is -0.183. The number of aromatic nitrogens is 1. The monoisotopic (exact) mass is 254 g/mol. The molecule has 96 valence electrons. The summed E-state index contributed by atoms with van der Waals surface area (Å²) in [5, 5.41) is 13.7. The molecule has 1 heterocycles. The molecular formula is C13H22N2OS. The van der Waals surface area contributed by atoms with E-state index in [0.29, 0.717) is 6.04 Å². The van der Waals surface area contributed by atoms with E-state index < -0.39 is 0 Å². The maximum atomic E-state index is 10.1. The predicted octanol–water partition coefficient (Wildman–Crippen LogP) is 2.34. The summed E-state index contributed by atoms with van der Waals surface area (Å²) in [6.45, 7) is 11.4. The van der Waals surface area contributed by atoms with Crippen LogP contribution in [0.4, 0.5) is 0 Å². The van der Waals surface area contributed by atoms with Gasteiger partial charge in [0.25, 0.3) is 0 Å². The fraction of sp³-hybridized carbons (Fsp3) is 0.769. The minimum Gasteiger partial charge on any atom is -0.392 e. The van der Waals surface area contributed by atoms with Crippen LogP contribution in [0.3, 0.4) is 0 Å². The molecule has 1 aromatic heterocycles. The van der Waals surface area contributed by atoms with Crippen molar-refractivity contribution >= 4 is 11.3 Å². The summed E-state index contributed by atoms with van der Waals surface area (Å²) < 4.78 is 0. The highest BCUT2D eigenvalue weighted by Crippen LogP contribution is 2.53. The van der Waals surface area contributed by atoms with Crippen LogP contribution in [0.15, 0.2) is 5.51 Å². The average molecular weight is 254 g/mol. The fourth-order valence-corrected chi connectivity index (χ4v) is 4.08. The van der Waals surface area contributed by atoms with Crippen molar-refractivity contribution in [2.24, 2.45) is 10.8 Å². The molecule has 0 aromatic carbocycles. The minimum atomic E-state index is -0.241. The highest BCUT2D eigenvalue weighted by Gasteiger charge is 2.60. The molecule has 0 amide bonds. The summed E-state index contributed by atoms with van der Waals surface area (Å²) in [7, 11) is 0. The number of aliphatic hydroxyl groups excluding tert-OH is 1.